The number of aromatic nitrogens is 1. The largest absolute Gasteiger partial charge is 0.493 e. The molecule has 1 aromatic heterocycles. The molecule has 0 fully saturated rings. The summed E-state index contributed by atoms with van der Waals surface area (Å²) in [6.45, 7) is 10.9. The van der Waals surface area contributed by atoms with Gasteiger partial charge in [0, 0.05) is 18.7 Å². The third kappa shape index (κ3) is 8.48. The summed E-state index contributed by atoms with van der Waals surface area (Å²) in [5.41, 5.74) is -0.732. The molecule has 2 aromatic rings. The monoisotopic (exact) mass is 557 g/mol. The van der Waals surface area contributed by atoms with E-state index in [9.17, 15) is 23.6 Å². The SMILES string of the molecule is CCCCC(CC)CN(CC(CC)CCCC)S(=O)(=O)c1ccccc1/N=N/c1c(O)[nH]c(=O)c(C#N)c1C. The lowest BCUT2D eigenvalue weighted by molar-refractivity contribution is 0.270. The second-order valence-corrected chi connectivity index (χ2v) is 12.0. The van der Waals surface area contributed by atoms with E-state index in [1.54, 1.807) is 28.6 Å². The van der Waals surface area contributed by atoms with Crippen molar-refractivity contribution in [1.82, 2.24) is 9.29 Å². The molecule has 0 amide bonds. The number of unbranched alkanes of at least 4 members (excludes halogenated alkanes) is 2. The Labute approximate surface area is 233 Å². The number of nitrogens with one attached hydrogen (secondary N) is 1. The zero-order chi connectivity index (χ0) is 29.0. The number of aromatic hydroxyl groups is 1. The molecule has 214 valence electrons. The van der Waals surface area contributed by atoms with Gasteiger partial charge in [-0.1, -0.05) is 78.4 Å². The van der Waals surface area contributed by atoms with Crippen molar-refractivity contribution >= 4 is 21.4 Å². The smallest absolute Gasteiger partial charge is 0.269 e. The quantitative estimate of drug-likeness (QED) is 0.212. The number of pyridine rings is 1. The fourth-order valence-corrected chi connectivity index (χ4v) is 6.35. The Morgan fingerprint density at radius 1 is 1.00 bits per heavy atom. The number of nitrogens with zero attached hydrogens (tertiary/aromatic N) is 4. The average Bonchev–Trinajstić information content (AvgIpc) is 2.92. The van der Waals surface area contributed by atoms with E-state index < -0.39 is 21.5 Å². The molecule has 39 heavy (non-hydrogen) atoms. The minimum Gasteiger partial charge on any atom is -0.493 e. The maximum Gasteiger partial charge on any atom is 0.269 e. The number of sulfonamides is 1. The molecule has 0 aliphatic heterocycles. The second kappa shape index (κ2) is 15.5. The van der Waals surface area contributed by atoms with Crippen LogP contribution in [0.25, 0.3) is 0 Å². The predicted octanol–water partition coefficient (Wildman–Crippen LogP) is 7.10. The molecule has 2 atom stereocenters. The Morgan fingerprint density at radius 2 is 1.56 bits per heavy atom. The normalized spacial score (nSPS) is 13.6. The van der Waals surface area contributed by atoms with E-state index >= 15 is 0 Å². The average molecular weight is 558 g/mol. The van der Waals surface area contributed by atoms with Crippen LogP contribution in [0.4, 0.5) is 11.4 Å². The van der Waals surface area contributed by atoms with E-state index in [-0.39, 0.29) is 39.2 Å². The van der Waals surface area contributed by atoms with Gasteiger partial charge in [-0.3, -0.25) is 9.78 Å². The highest BCUT2D eigenvalue weighted by molar-refractivity contribution is 7.89. The van der Waals surface area contributed by atoms with E-state index in [0.29, 0.717) is 13.1 Å². The molecule has 9 nitrogen and oxygen atoms in total. The zero-order valence-corrected chi connectivity index (χ0v) is 24.7. The fourth-order valence-electron chi connectivity index (χ4n) is 4.63. The first kappa shape index (κ1) is 32.2. The number of azo groups is 1. The molecule has 0 radical (unpaired) electrons. The lowest BCUT2D eigenvalue weighted by Crippen LogP contribution is -2.39. The summed E-state index contributed by atoms with van der Waals surface area (Å²) in [6, 6.07) is 8.20. The topological polar surface area (TPSA) is 139 Å². The van der Waals surface area contributed by atoms with Gasteiger partial charge in [-0.05, 0) is 43.7 Å². The first-order chi connectivity index (χ1) is 18.6. The first-order valence-corrected chi connectivity index (χ1v) is 15.4. The molecule has 1 heterocycles. The molecule has 0 saturated carbocycles. The molecule has 0 aliphatic rings. The zero-order valence-electron chi connectivity index (χ0n) is 23.9. The molecule has 2 unspecified atom stereocenters. The second-order valence-electron chi connectivity index (χ2n) is 10.1. The van der Waals surface area contributed by atoms with Crippen molar-refractivity contribution in [3.63, 3.8) is 0 Å². The highest BCUT2D eigenvalue weighted by Gasteiger charge is 2.30. The van der Waals surface area contributed by atoms with Crippen molar-refractivity contribution in [2.24, 2.45) is 22.1 Å². The van der Waals surface area contributed by atoms with Gasteiger partial charge in [0.15, 0.2) is 0 Å². The van der Waals surface area contributed by atoms with Crippen LogP contribution in [0.15, 0.2) is 44.2 Å². The van der Waals surface area contributed by atoms with Crippen molar-refractivity contribution in [3.8, 4) is 11.9 Å². The van der Waals surface area contributed by atoms with Crippen LogP contribution in [0.2, 0.25) is 0 Å². The van der Waals surface area contributed by atoms with E-state index in [1.807, 2.05) is 0 Å². The number of rotatable bonds is 16. The Kier molecular flexibility index (Phi) is 12.8. The van der Waals surface area contributed by atoms with Crippen molar-refractivity contribution in [3.05, 3.63) is 45.7 Å². The van der Waals surface area contributed by atoms with Gasteiger partial charge in [-0.2, -0.15) is 9.57 Å². The van der Waals surface area contributed by atoms with Crippen LogP contribution in [0.3, 0.4) is 0 Å². The third-order valence-electron chi connectivity index (χ3n) is 7.28. The molecule has 1 aromatic carbocycles. The maximum absolute atomic E-state index is 14.2. The summed E-state index contributed by atoms with van der Waals surface area (Å²) in [4.78, 5) is 14.2. The Bertz CT molecular complexity index is 1300. The van der Waals surface area contributed by atoms with Crippen molar-refractivity contribution in [1.29, 1.82) is 5.26 Å². The van der Waals surface area contributed by atoms with Crippen LogP contribution >= 0.6 is 0 Å². The number of aromatic amines is 1. The summed E-state index contributed by atoms with van der Waals surface area (Å²) in [5.74, 6) is -0.0321. The fraction of sp³-hybridized carbons (Fsp3) is 0.586. The summed E-state index contributed by atoms with van der Waals surface area (Å²) >= 11 is 0. The van der Waals surface area contributed by atoms with E-state index in [0.717, 1.165) is 51.4 Å². The van der Waals surface area contributed by atoms with Crippen LogP contribution in [-0.4, -0.2) is 35.9 Å². The van der Waals surface area contributed by atoms with Crippen LogP contribution < -0.4 is 5.56 Å². The van der Waals surface area contributed by atoms with E-state index in [4.69, 9.17) is 0 Å². The Morgan fingerprint density at radius 3 is 2.08 bits per heavy atom. The molecule has 10 heteroatoms. The van der Waals surface area contributed by atoms with Crippen LogP contribution in [0.1, 0.15) is 90.2 Å². The lowest BCUT2D eigenvalue weighted by atomic mass is 9.97. The summed E-state index contributed by atoms with van der Waals surface area (Å²) in [7, 11) is -3.93. The molecule has 0 spiro atoms. The highest BCUT2D eigenvalue weighted by Crippen LogP contribution is 2.34. The maximum atomic E-state index is 14.2. The lowest BCUT2D eigenvalue weighted by Gasteiger charge is -2.30. The van der Waals surface area contributed by atoms with Gasteiger partial charge in [0.1, 0.15) is 27.9 Å². The van der Waals surface area contributed by atoms with Gasteiger partial charge in [0.2, 0.25) is 15.9 Å². The van der Waals surface area contributed by atoms with Crippen molar-refractivity contribution < 1.29 is 13.5 Å². The van der Waals surface area contributed by atoms with Crippen molar-refractivity contribution in [2.45, 2.75) is 90.9 Å². The number of nitriles is 1. The first-order valence-electron chi connectivity index (χ1n) is 14.0. The molecule has 2 N–H and O–H groups in total. The molecule has 0 bridgehead atoms. The van der Waals surface area contributed by atoms with Gasteiger partial charge in [-0.25, -0.2) is 8.42 Å². The minimum absolute atomic E-state index is 0.0338. The van der Waals surface area contributed by atoms with E-state index in [2.05, 4.69) is 42.9 Å². The summed E-state index contributed by atoms with van der Waals surface area (Å²) < 4.78 is 30.0. The van der Waals surface area contributed by atoms with Gasteiger partial charge in [0.05, 0.1) is 0 Å². The van der Waals surface area contributed by atoms with Gasteiger partial charge in [0.25, 0.3) is 5.56 Å². The molecular formula is C29H43N5O4S. The van der Waals surface area contributed by atoms with E-state index in [1.165, 1.54) is 13.0 Å². The van der Waals surface area contributed by atoms with Gasteiger partial charge < -0.3 is 5.11 Å². The summed E-state index contributed by atoms with van der Waals surface area (Å²) in [5, 5.41) is 27.8. The Balaban J connectivity index is 2.55. The standard InChI is InChI=1S/C29H43N5O4S/c1-6-10-14-22(8-3)19-34(20-23(9-4)15-11-7-2)39(37,38)26-17-13-12-16-25(26)32-33-27-21(5)24(18-30)28(35)31-29(27)36/h12-13,16-17,22-23H,6-11,14-15,19-20H2,1-5H3,(H2,31,35,36)/b33-32+. The van der Waals surface area contributed by atoms with Crippen molar-refractivity contribution in [2.75, 3.05) is 13.1 Å². The van der Waals surface area contributed by atoms with Gasteiger partial charge >= 0.3 is 0 Å². The molecule has 0 saturated heterocycles. The predicted molar refractivity (Wildman–Crippen MR) is 154 cm³/mol. The number of benzene rings is 1. The molecular weight excluding hydrogens is 514 g/mol. The van der Waals surface area contributed by atoms with Crippen LogP contribution in [-0.2, 0) is 10.0 Å². The molecule has 2 rings (SSSR count). The van der Waals surface area contributed by atoms with Gasteiger partial charge in [-0.15, -0.1) is 10.2 Å². The minimum atomic E-state index is -3.93. The Hall–Kier alpha value is -3.03. The summed E-state index contributed by atoms with van der Waals surface area (Å²) in [6.07, 6.45) is 7.95. The third-order valence-corrected chi connectivity index (χ3v) is 9.16. The number of hydrogen-bond acceptors (Lipinski definition) is 7. The highest BCUT2D eigenvalue weighted by atomic mass is 32.2. The van der Waals surface area contributed by atoms with Crippen LogP contribution in [0, 0.1) is 30.1 Å². The van der Waals surface area contributed by atoms with Crippen LogP contribution in [0.5, 0.6) is 5.88 Å². The molecule has 0 aliphatic carbocycles. The number of hydrogen-bond donors (Lipinski definition) is 2. The number of H-pyrrole nitrogens is 1.